The van der Waals surface area contributed by atoms with Crippen molar-refractivity contribution in [1.29, 1.82) is 0 Å². The van der Waals surface area contributed by atoms with E-state index in [1.807, 2.05) is 45.0 Å². The third-order valence-electron chi connectivity index (χ3n) is 4.79. The van der Waals surface area contributed by atoms with Crippen LogP contribution in [0.4, 0.5) is 5.69 Å². The summed E-state index contributed by atoms with van der Waals surface area (Å²) in [6.45, 7) is 5.72. The number of hydrogen-bond donors (Lipinski definition) is 1. The number of carbonyl (C=O) groups excluding carboxylic acids is 1. The molecule has 0 spiro atoms. The Morgan fingerprint density at radius 1 is 1.28 bits per heavy atom. The monoisotopic (exact) mass is 361 g/mol. The molecule has 1 aliphatic rings. The second-order valence-corrected chi connectivity index (χ2v) is 8.92. The largest absolute Gasteiger partial charge is 0.326 e. The van der Waals surface area contributed by atoms with Gasteiger partial charge in [-0.2, -0.15) is 5.10 Å². The SMILES string of the molecule is Cc1ccccc1NC(=O)Cc1c(C)nn(C2CCS(=O)(=O)C2)c1C. The van der Waals surface area contributed by atoms with Gasteiger partial charge in [-0.15, -0.1) is 0 Å². The van der Waals surface area contributed by atoms with Crippen LogP contribution in [0.2, 0.25) is 0 Å². The Hall–Kier alpha value is -2.15. The van der Waals surface area contributed by atoms with Crippen LogP contribution in [0.1, 0.15) is 35.0 Å². The van der Waals surface area contributed by atoms with Crippen molar-refractivity contribution in [2.45, 2.75) is 39.7 Å². The summed E-state index contributed by atoms with van der Waals surface area (Å²) in [5, 5.41) is 7.44. The van der Waals surface area contributed by atoms with E-state index in [0.717, 1.165) is 28.2 Å². The number of nitrogens with zero attached hydrogens (tertiary/aromatic N) is 2. The number of aromatic nitrogens is 2. The molecule has 2 aromatic rings. The fourth-order valence-electron chi connectivity index (χ4n) is 3.34. The van der Waals surface area contributed by atoms with Crippen molar-refractivity contribution >= 4 is 21.4 Å². The molecule has 1 aromatic carbocycles. The Morgan fingerprint density at radius 2 is 2.00 bits per heavy atom. The minimum atomic E-state index is -2.97. The van der Waals surface area contributed by atoms with Crippen molar-refractivity contribution in [2.24, 2.45) is 0 Å². The zero-order chi connectivity index (χ0) is 18.2. The van der Waals surface area contributed by atoms with Crippen molar-refractivity contribution in [3.8, 4) is 0 Å². The number of anilines is 1. The van der Waals surface area contributed by atoms with E-state index in [9.17, 15) is 13.2 Å². The number of sulfone groups is 1. The van der Waals surface area contributed by atoms with Crippen molar-refractivity contribution in [3.63, 3.8) is 0 Å². The van der Waals surface area contributed by atoms with Crippen molar-refractivity contribution in [3.05, 3.63) is 46.8 Å². The van der Waals surface area contributed by atoms with Gasteiger partial charge in [0.25, 0.3) is 0 Å². The zero-order valence-corrected chi connectivity index (χ0v) is 15.6. The van der Waals surface area contributed by atoms with E-state index in [0.29, 0.717) is 6.42 Å². The first kappa shape index (κ1) is 17.7. The summed E-state index contributed by atoms with van der Waals surface area (Å²) in [6, 6.07) is 7.51. The lowest BCUT2D eigenvalue weighted by Gasteiger charge is -2.12. The maximum absolute atomic E-state index is 12.4. The van der Waals surface area contributed by atoms with Gasteiger partial charge in [0.05, 0.1) is 29.7 Å². The predicted molar refractivity (Wildman–Crippen MR) is 97.5 cm³/mol. The number of para-hydroxylation sites is 1. The van der Waals surface area contributed by atoms with Crippen LogP contribution in [0.25, 0.3) is 0 Å². The van der Waals surface area contributed by atoms with E-state index in [1.165, 1.54) is 0 Å². The number of nitrogens with one attached hydrogen (secondary N) is 1. The summed E-state index contributed by atoms with van der Waals surface area (Å²) >= 11 is 0. The second kappa shape index (κ2) is 6.63. The molecular formula is C18H23N3O3S. The standard InChI is InChI=1S/C18H23N3O3S/c1-12-6-4-5-7-17(12)19-18(22)10-16-13(2)20-21(14(16)3)15-8-9-25(23,24)11-15/h4-7,15H,8-11H2,1-3H3,(H,19,22). The number of carbonyl (C=O) groups is 1. The molecule has 0 radical (unpaired) electrons. The van der Waals surface area contributed by atoms with Crippen LogP contribution in [-0.2, 0) is 21.1 Å². The van der Waals surface area contributed by atoms with Gasteiger partial charge in [0.2, 0.25) is 5.91 Å². The van der Waals surface area contributed by atoms with Gasteiger partial charge in [0, 0.05) is 16.9 Å². The van der Waals surface area contributed by atoms with Gasteiger partial charge < -0.3 is 5.32 Å². The predicted octanol–water partition coefficient (Wildman–Crippen LogP) is 2.35. The molecule has 6 nitrogen and oxygen atoms in total. The lowest BCUT2D eigenvalue weighted by Crippen LogP contribution is -2.17. The van der Waals surface area contributed by atoms with Gasteiger partial charge in [-0.1, -0.05) is 18.2 Å². The first-order chi connectivity index (χ1) is 11.8. The topological polar surface area (TPSA) is 81.1 Å². The second-order valence-electron chi connectivity index (χ2n) is 6.69. The number of amides is 1. The van der Waals surface area contributed by atoms with E-state index in [-0.39, 0.29) is 29.9 Å². The summed E-state index contributed by atoms with van der Waals surface area (Å²) in [7, 11) is -2.97. The third-order valence-corrected chi connectivity index (χ3v) is 6.54. The highest BCUT2D eigenvalue weighted by molar-refractivity contribution is 7.91. The molecule has 1 aliphatic heterocycles. The Morgan fingerprint density at radius 3 is 2.64 bits per heavy atom. The van der Waals surface area contributed by atoms with Crippen LogP contribution in [0.15, 0.2) is 24.3 Å². The van der Waals surface area contributed by atoms with Crippen molar-refractivity contribution < 1.29 is 13.2 Å². The smallest absolute Gasteiger partial charge is 0.228 e. The first-order valence-corrected chi connectivity index (χ1v) is 10.2. The minimum Gasteiger partial charge on any atom is -0.326 e. The summed E-state index contributed by atoms with van der Waals surface area (Å²) in [5.41, 5.74) is 4.34. The fourth-order valence-corrected chi connectivity index (χ4v) is 5.04. The highest BCUT2D eigenvalue weighted by Crippen LogP contribution is 2.27. The van der Waals surface area contributed by atoms with Crippen molar-refractivity contribution in [1.82, 2.24) is 9.78 Å². The summed E-state index contributed by atoms with van der Waals surface area (Å²) in [4.78, 5) is 12.4. The molecule has 3 rings (SSSR count). The highest BCUT2D eigenvalue weighted by Gasteiger charge is 2.31. The number of aryl methyl sites for hydroxylation is 2. The van der Waals surface area contributed by atoms with E-state index in [4.69, 9.17) is 0 Å². The van der Waals surface area contributed by atoms with Crippen LogP contribution in [0, 0.1) is 20.8 Å². The third kappa shape index (κ3) is 3.76. The number of hydrogen-bond acceptors (Lipinski definition) is 4. The van der Waals surface area contributed by atoms with Crippen LogP contribution < -0.4 is 5.32 Å². The summed E-state index contributed by atoms with van der Waals surface area (Å²) < 4.78 is 25.2. The Kier molecular flexibility index (Phi) is 4.69. The summed E-state index contributed by atoms with van der Waals surface area (Å²) in [5.74, 6) is 0.238. The average molecular weight is 361 g/mol. The lowest BCUT2D eigenvalue weighted by atomic mass is 10.1. The lowest BCUT2D eigenvalue weighted by molar-refractivity contribution is -0.115. The molecule has 1 unspecified atom stereocenters. The van der Waals surface area contributed by atoms with Gasteiger partial charge in [-0.25, -0.2) is 8.42 Å². The molecule has 1 N–H and O–H groups in total. The van der Waals surface area contributed by atoms with E-state index < -0.39 is 9.84 Å². The normalized spacial score (nSPS) is 19.1. The molecule has 0 saturated carbocycles. The van der Waals surface area contributed by atoms with Gasteiger partial charge in [-0.3, -0.25) is 9.48 Å². The van der Waals surface area contributed by atoms with E-state index in [1.54, 1.807) is 4.68 Å². The van der Waals surface area contributed by atoms with Gasteiger partial charge >= 0.3 is 0 Å². The molecule has 0 aliphatic carbocycles. The average Bonchev–Trinajstić information content (AvgIpc) is 3.03. The Bertz CT molecular complexity index is 916. The molecule has 7 heteroatoms. The van der Waals surface area contributed by atoms with Crippen LogP contribution >= 0.6 is 0 Å². The zero-order valence-electron chi connectivity index (χ0n) is 14.7. The molecule has 1 atom stereocenters. The minimum absolute atomic E-state index is 0.0981. The number of rotatable bonds is 4. The van der Waals surface area contributed by atoms with Gasteiger partial charge in [-0.05, 0) is 38.8 Å². The molecule has 1 amide bonds. The molecule has 1 saturated heterocycles. The molecule has 25 heavy (non-hydrogen) atoms. The molecule has 1 aromatic heterocycles. The maximum atomic E-state index is 12.4. The van der Waals surface area contributed by atoms with E-state index >= 15 is 0 Å². The fraction of sp³-hybridized carbons (Fsp3) is 0.444. The van der Waals surface area contributed by atoms with Crippen LogP contribution in [0.5, 0.6) is 0 Å². The maximum Gasteiger partial charge on any atom is 0.228 e. The molecule has 2 heterocycles. The molecule has 0 bridgehead atoms. The molecule has 134 valence electrons. The molecular weight excluding hydrogens is 338 g/mol. The molecule has 1 fully saturated rings. The first-order valence-electron chi connectivity index (χ1n) is 8.37. The quantitative estimate of drug-likeness (QED) is 0.906. The van der Waals surface area contributed by atoms with E-state index in [2.05, 4.69) is 10.4 Å². The van der Waals surface area contributed by atoms with Crippen LogP contribution in [-0.4, -0.2) is 35.6 Å². The van der Waals surface area contributed by atoms with Crippen LogP contribution in [0.3, 0.4) is 0 Å². The van der Waals surface area contributed by atoms with Gasteiger partial charge in [0.15, 0.2) is 9.84 Å². The summed E-state index contributed by atoms with van der Waals surface area (Å²) in [6.07, 6.45) is 0.810. The Labute approximate surface area is 148 Å². The Balaban J connectivity index is 1.77. The highest BCUT2D eigenvalue weighted by atomic mass is 32.2. The van der Waals surface area contributed by atoms with Gasteiger partial charge in [0.1, 0.15) is 0 Å². The number of benzene rings is 1. The van der Waals surface area contributed by atoms with Crippen molar-refractivity contribution in [2.75, 3.05) is 16.8 Å².